The molecule has 0 unspecified atom stereocenters. The molecular weight excluding hydrogens is 204 g/mol. The van der Waals surface area contributed by atoms with Crippen molar-refractivity contribution < 1.29 is 9.53 Å². The zero-order chi connectivity index (χ0) is 10.7. The van der Waals surface area contributed by atoms with Crippen LogP contribution in [0.4, 0.5) is 0 Å². The standard InChI is InChI=1S/C9H11ClN2O2/c1-6(10)5-12-7(2)11-4-8(12)9(13)14-3/h4H,1,5H2,2-3H3. The molecule has 0 bridgehead atoms. The Morgan fingerprint density at radius 2 is 2.43 bits per heavy atom. The van der Waals surface area contributed by atoms with Crippen LogP contribution in [0.25, 0.3) is 0 Å². The lowest BCUT2D eigenvalue weighted by molar-refractivity contribution is 0.0588. The number of rotatable bonds is 3. The van der Waals surface area contributed by atoms with Crippen LogP contribution in [-0.4, -0.2) is 22.6 Å². The molecule has 0 amide bonds. The van der Waals surface area contributed by atoms with Gasteiger partial charge in [0.15, 0.2) is 0 Å². The van der Waals surface area contributed by atoms with Crippen LogP contribution in [0.15, 0.2) is 17.8 Å². The van der Waals surface area contributed by atoms with Crippen LogP contribution in [-0.2, 0) is 11.3 Å². The van der Waals surface area contributed by atoms with Gasteiger partial charge < -0.3 is 9.30 Å². The number of aryl methyl sites for hydroxylation is 1. The highest BCUT2D eigenvalue weighted by molar-refractivity contribution is 6.29. The van der Waals surface area contributed by atoms with Crippen molar-refractivity contribution >= 4 is 17.6 Å². The zero-order valence-corrected chi connectivity index (χ0v) is 8.84. The van der Waals surface area contributed by atoms with Gasteiger partial charge in [-0.05, 0) is 6.92 Å². The molecule has 0 fully saturated rings. The van der Waals surface area contributed by atoms with Gasteiger partial charge in [-0.15, -0.1) is 0 Å². The highest BCUT2D eigenvalue weighted by Gasteiger charge is 2.14. The number of halogens is 1. The molecule has 0 atom stereocenters. The number of carbonyl (C=O) groups excluding carboxylic acids is 1. The van der Waals surface area contributed by atoms with Gasteiger partial charge in [0.2, 0.25) is 0 Å². The highest BCUT2D eigenvalue weighted by Crippen LogP contribution is 2.10. The molecule has 0 spiro atoms. The summed E-state index contributed by atoms with van der Waals surface area (Å²) in [6.07, 6.45) is 1.46. The van der Waals surface area contributed by atoms with E-state index in [1.165, 1.54) is 13.3 Å². The van der Waals surface area contributed by atoms with Crippen LogP contribution in [0, 0.1) is 6.92 Å². The minimum atomic E-state index is -0.427. The maximum Gasteiger partial charge on any atom is 0.356 e. The van der Waals surface area contributed by atoms with Crippen LogP contribution in [0.3, 0.4) is 0 Å². The van der Waals surface area contributed by atoms with E-state index in [0.717, 1.165) is 0 Å². The lowest BCUT2D eigenvalue weighted by Crippen LogP contribution is -2.11. The number of esters is 1. The Kier molecular flexibility index (Phi) is 3.30. The van der Waals surface area contributed by atoms with Crippen molar-refractivity contribution in [2.45, 2.75) is 13.5 Å². The fraction of sp³-hybridized carbons (Fsp3) is 0.333. The Hall–Kier alpha value is -1.29. The van der Waals surface area contributed by atoms with Gasteiger partial charge in [0.25, 0.3) is 0 Å². The van der Waals surface area contributed by atoms with Gasteiger partial charge in [0, 0.05) is 5.03 Å². The van der Waals surface area contributed by atoms with Crippen molar-refractivity contribution in [2.75, 3.05) is 7.11 Å². The maximum absolute atomic E-state index is 11.3. The van der Waals surface area contributed by atoms with Gasteiger partial charge in [-0.2, -0.15) is 0 Å². The fourth-order valence-corrected chi connectivity index (χ4v) is 1.23. The van der Waals surface area contributed by atoms with Crippen molar-refractivity contribution in [1.82, 2.24) is 9.55 Å². The van der Waals surface area contributed by atoms with Gasteiger partial charge >= 0.3 is 5.97 Å². The van der Waals surface area contributed by atoms with Crippen molar-refractivity contribution in [2.24, 2.45) is 0 Å². The molecule has 14 heavy (non-hydrogen) atoms. The van der Waals surface area contributed by atoms with Gasteiger partial charge in [-0.1, -0.05) is 18.2 Å². The monoisotopic (exact) mass is 214 g/mol. The van der Waals surface area contributed by atoms with E-state index >= 15 is 0 Å². The Balaban J connectivity index is 3.05. The van der Waals surface area contributed by atoms with Crippen molar-refractivity contribution in [1.29, 1.82) is 0 Å². The summed E-state index contributed by atoms with van der Waals surface area (Å²) in [7, 11) is 1.32. The molecule has 1 heterocycles. The molecule has 0 saturated carbocycles. The van der Waals surface area contributed by atoms with Crippen molar-refractivity contribution in [3.05, 3.63) is 29.3 Å². The number of ether oxygens (including phenoxy) is 1. The minimum Gasteiger partial charge on any atom is -0.464 e. The topological polar surface area (TPSA) is 44.1 Å². The third kappa shape index (κ3) is 2.14. The Bertz CT molecular complexity index is 371. The van der Waals surface area contributed by atoms with Crippen molar-refractivity contribution in [3.63, 3.8) is 0 Å². The molecule has 5 heteroatoms. The first kappa shape index (κ1) is 10.8. The second kappa shape index (κ2) is 4.28. The number of imidazole rings is 1. The molecule has 0 radical (unpaired) electrons. The first-order chi connectivity index (χ1) is 6.56. The number of allylic oxidation sites excluding steroid dienone is 1. The SMILES string of the molecule is C=C(Cl)Cn1c(C(=O)OC)cnc1C. The summed E-state index contributed by atoms with van der Waals surface area (Å²) < 4.78 is 6.25. The molecule has 0 aliphatic carbocycles. The highest BCUT2D eigenvalue weighted by atomic mass is 35.5. The normalized spacial score (nSPS) is 9.93. The average molecular weight is 215 g/mol. The summed E-state index contributed by atoms with van der Waals surface area (Å²) in [4.78, 5) is 15.3. The molecule has 1 aromatic heterocycles. The Morgan fingerprint density at radius 1 is 1.79 bits per heavy atom. The van der Waals surface area contributed by atoms with Crippen LogP contribution in [0.5, 0.6) is 0 Å². The molecule has 76 valence electrons. The van der Waals surface area contributed by atoms with E-state index < -0.39 is 5.97 Å². The molecule has 4 nitrogen and oxygen atoms in total. The van der Waals surface area contributed by atoms with Crippen LogP contribution >= 0.6 is 11.6 Å². The van der Waals surface area contributed by atoms with E-state index in [0.29, 0.717) is 23.1 Å². The van der Waals surface area contributed by atoms with Crippen LogP contribution < -0.4 is 0 Å². The lowest BCUT2D eigenvalue weighted by Gasteiger charge is -2.06. The molecule has 1 aromatic rings. The fourth-order valence-electron chi connectivity index (χ4n) is 1.11. The number of hydrogen-bond donors (Lipinski definition) is 0. The third-order valence-corrected chi connectivity index (χ3v) is 1.90. The van der Waals surface area contributed by atoms with E-state index in [2.05, 4.69) is 16.3 Å². The Morgan fingerprint density at radius 3 is 2.93 bits per heavy atom. The summed E-state index contributed by atoms with van der Waals surface area (Å²) in [6, 6.07) is 0. The van der Waals surface area contributed by atoms with Gasteiger partial charge in [0.1, 0.15) is 11.5 Å². The second-order valence-corrected chi connectivity index (χ2v) is 3.32. The quantitative estimate of drug-likeness (QED) is 0.720. The predicted molar refractivity (Wildman–Crippen MR) is 53.3 cm³/mol. The molecule has 1 rings (SSSR count). The second-order valence-electron chi connectivity index (χ2n) is 2.79. The number of aromatic nitrogens is 2. The van der Waals surface area contributed by atoms with E-state index in [9.17, 15) is 4.79 Å². The molecule has 0 aliphatic heterocycles. The number of carbonyl (C=O) groups is 1. The average Bonchev–Trinajstić information content (AvgIpc) is 2.46. The summed E-state index contributed by atoms with van der Waals surface area (Å²) in [5, 5.41) is 0.441. The molecular formula is C9H11ClN2O2. The third-order valence-electron chi connectivity index (χ3n) is 1.78. The first-order valence-corrected chi connectivity index (χ1v) is 4.37. The van der Waals surface area contributed by atoms with Crippen LogP contribution in [0.1, 0.15) is 16.3 Å². The number of methoxy groups -OCH3 is 1. The van der Waals surface area contributed by atoms with Gasteiger partial charge in [-0.3, -0.25) is 0 Å². The largest absolute Gasteiger partial charge is 0.464 e. The summed E-state index contributed by atoms with van der Waals surface area (Å²) >= 11 is 5.67. The van der Waals surface area contributed by atoms with E-state index in [-0.39, 0.29) is 0 Å². The molecule has 0 aromatic carbocycles. The Labute approximate surface area is 87.1 Å². The van der Waals surface area contributed by atoms with Crippen molar-refractivity contribution in [3.8, 4) is 0 Å². The van der Waals surface area contributed by atoms with E-state index in [1.54, 1.807) is 11.5 Å². The number of nitrogens with zero attached hydrogens (tertiary/aromatic N) is 2. The summed E-state index contributed by atoms with van der Waals surface area (Å²) in [5.41, 5.74) is 0.381. The molecule has 0 aliphatic rings. The molecule has 0 saturated heterocycles. The number of hydrogen-bond acceptors (Lipinski definition) is 3. The lowest BCUT2D eigenvalue weighted by atomic mass is 10.4. The zero-order valence-electron chi connectivity index (χ0n) is 8.08. The minimum absolute atomic E-state index is 0.359. The van der Waals surface area contributed by atoms with Gasteiger partial charge in [0.05, 0.1) is 19.9 Å². The predicted octanol–water partition coefficient (Wildman–Crippen LogP) is 1.73. The maximum atomic E-state index is 11.3. The van der Waals surface area contributed by atoms with E-state index in [4.69, 9.17) is 11.6 Å². The van der Waals surface area contributed by atoms with Gasteiger partial charge in [-0.25, -0.2) is 9.78 Å². The smallest absolute Gasteiger partial charge is 0.356 e. The first-order valence-electron chi connectivity index (χ1n) is 4.00. The summed E-state index contributed by atoms with van der Waals surface area (Å²) in [5.74, 6) is 0.274. The molecule has 0 N–H and O–H groups in total. The van der Waals surface area contributed by atoms with Crippen LogP contribution in [0.2, 0.25) is 0 Å². The van der Waals surface area contributed by atoms with E-state index in [1.807, 2.05) is 0 Å². The summed E-state index contributed by atoms with van der Waals surface area (Å²) in [6.45, 7) is 5.71.